The lowest BCUT2D eigenvalue weighted by Gasteiger charge is -2.34. The molecule has 2 heterocycles. The number of nitrogens with zero attached hydrogens (tertiary/aromatic N) is 4. The van der Waals surface area contributed by atoms with Crippen LogP contribution in [0.25, 0.3) is 11.0 Å². The molecule has 1 aliphatic heterocycles. The molecule has 0 saturated carbocycles. The van der Waals surface area contributed by atoms with Gasteiger partial charge in [-0.25, -0.2) is 9.37 Å². The van der Waals surface area contributed by atoms with E-state index in [1.54, 1.807) is 0 Å². The van der Waals surface area contributed by atoms with Crippen molar-refractivity contribution in [3.63, 3.8) is 0 Å². The van der Waals surface area contributed by atoms with Crippen LogP contribution in [-0.4, -0.2) is 34.9 Å². The maximum Gasteiger partial charge on any atom is 0.206 e. The summed E-state index contributed by atoms with van der Waals surface area (Å²) < 4.78 is 15.9. The summed E-state index contributed by atoms with van der Waals surface area (Å²) in [6.07, 6.45) is -0.538. The van der Waals surface area contributed by atoms with Crippen LogP contribution in [0.15, 0.2) is 48.5 Å². The van der Waals surface area contributed by atoms with Gasteiger partial charge in [0.1, 0.15) is 6.17 Å². The van der Waals surface area contributed by atoms with Crippen LogP contribution in [0.1, 0.15) is 17.5 Å². The van der Waals surface area contributed by atoms with Crippen molar-refractivity contribution in [2.24, 2.45) is 5.73 Å². The molecule has 132 valence electrons. The molecule has 2 aromatic carbocycles. The number of hydrogen-bond donors (Lipinski definition) is 1. The third-order valence-corrected chi connectivity index (χ3v) is 4.91. The molecule has 6 heteroatoms. The number of rotatable bonds is 3. The van der Waals surface area contributed by atoms with Crippen LogP contribution >= 0.6 is 0 Å². The number of halogens is 1. The number of anilines is 1. The molecule has 1 saturated heterocycles. The van der Waals surface area contributed by atoms with Crippen LogP contribution in [-0.2, 0) is 6.54 Å². The average Bonchev–Trinajstić information content (AvgIpc) is 3.03. The van der Waals surface area contributed by atoms with E-state index in [2.05, 4.69) is 15.5 Å². The zero-order chi connectivity index (χ0) is 18.1. The molecule has 2 atom stereocenters. The summed E-state index contributed by atoms with van der Waals surface area (Å²) in [5.74, 6) is 0.818. The van der Waals surface area contributed by atoms with Crippen LogP contribution in [0.5, 0.6) is 0 Å². The fourth-order valence-electron chi connectivity index (χ4n) is 3.46. The zero-order valence-corrected chi connectivity index (χ0v) is 14.3. The van der Waals surface area contributed by atoms with Crippen LogP contribution in [0.4, 0.5) is 10.3 Å². The molecule has 4 rings (SSSR count). The molecule has 0 spiro atoms. The number of nitrogens with two attached hydrogens (primary N) is 1. The molecular weight excluding hydrogens is 329 g/mol. The molecule has 0 bridgehead atoms. The Morgan fingerprint density at radius 2 is 1.96 bits per heavy atom. The molecule has 5 nitrogen and oxygen atoms in total. The largest absolute Gasteiger partial charge is 0.340 e. The lowest BCUT2D eigenvalue weighted by atomic mass is 10.1. The molecule has 3 aromatic rings. The van der Waals surface area contributed by atoms with Crippen LogP contribution in [0.2, 0.25) is 0 Å². The van der Waals surface area contributed by atoms with Crippen LogP contribution < -0.4 is 10.6 Å². The number of alkyl halides is 1. The first kappa shape index (κ1) is 16.6. The predicted octanol–water partition coefficient (Wildman–Crippen LogP) is 2.83. The number of piperidine rings is 1. The summed E-state index contributed by atoms with van der Waals surface area (Å²) in [6, 6.07) is 17.2. The highest BCUT2D eigenvalue weighted by atomic mass is 19.1. The minimum absolute atomic E-state index is 0.418. The fourth-order valence-corrected chi connectivity index (χ4v) is 3.46. The van der Waals surface area contributed by atoms with Gasteiger partial charge >= 0.3 is 0 Å². The topological polar surface area (TPSA) is 70.9 Å². The lowest BCUT2D eigenvalue weighted by Crippen LogP contribution is -2.50. The Morgan fingerprint density at radius 3 is 2.69 bits per heavy atom. The van der Waals surface area contributed by atoms with E-state index >= 15 is 0 Å². The second-order valence-electron chi connectivity index (χ2n) is 6.71. The summed E-state index contributed by atoms with van der Waals surface area (Å²) in [7, 11) is 0. The van der Waals surface area contributed by atoms with Crippen molar-refractivity contribution in [1.82, 2.24) is 9.55 Å². The molecule has 0 amide bonds. The first-order chi connectivity index (χ1) is 12.7. The Labute approximate surface area is 151 Å². The van der Waals surface area contributed by atoms with Gasteiger partial charge in [0, 0.05) is 13.1 Å². The van der Waals surface area contributed by atoms with Crippen molar-refractivity contribution in [3.8, 4) is 6.07 Å². The maximum absolute atomic E-state index is 13.8. The fraction of sp³-hybridized carbons (Fsp3) is 0.300. The smallest absolute Gasteiger partial charge is 0.206 e. The minimum atomic E-state index is -0.956. The molecule has 0 aliphatic carbocycles. The van der Waals surface area contributed by atoms with Crippen molar-refractivity contribution in [1.29, 1.82) is 5.26 Å². The molecule has 0 radical (unpaired) electrons. The van der Waals surface area contributed by atoms with Crippen molar-refractivity contribution < 1.29 is 4.39 Å². The summed E-state index contributed by atoms with van der Waals surface area (Å²) >= 11 is 0. The van der Waals surface area contributed by atoms with E-state index in [0.717, 1.165) is 22.5 Å². The van der Waals surface area contributed by atoms with Gasteiger partial charge in [-0.05, 0) is 36.2 Å². The van der Waals surface area contributed by atoms with E-state index in [9.17, 15) is 4.39 Å². The van der Waals surface area contributed by atoms with E-state index < -0.39 is 12.2 Å². The second-order valence-corrected chi connectivity index (χ2v) is 6.71. The zero-order valence-electron chi connectivity index (χ0n) is 14.3. The highest BCUT2D eigenvalue weighted by molar-refractivity contribution is 5.79. The Morgan fingerprint density at radius 1 is 1.19 bits per heavy atom. The third kappa shape index (κ3) is 3.02. The third-order valence-electron chi connectivity index (χ3n) is 4.91. The molecular formula is C20H20FN5. The van der Waals surface area contributed by atoms with E-state index in [1.165, 1.54) is 0 Å². The van der Waals surface area contributed by atoms with Crippen molar-refractivity contribution in [3.05, 3.63) is 59.7 Å². The highest BCUT2D eigenvalue weighted by Crippen LogP contribution is 2.27. The van der Waals surface area contributed by atoms with Crippen LogP contribution in [0, 0.1) is 11.3 Å². The quantitative estimate of drug-likeness (QED) is 0.789. The first-order valence-electron chi connectivity index (χ1n) is 8.74. The Bertz CT molecular complexity index is 956. The maximum atomic E-state index is 13.8. The Kier molecular flexibility index (Phi) is 4.31. The van der Waals surface area contributed by atoms with E-state index in [0.29, 0.717) is 31.6 Å². The van der Waals surface area contributed by atoms with E-state index in [1.807, 2.05) is 48.5 Å². The lowest BCUT2D eigenvalue weighted by molar-refractivity contribution is 0.243. The van der Waals surface area contributed by atoms with Crippen molar-refractivity contribution in [2.45, 2.75) is 25.2 Å². The molecule has 26 heavy (non-hydrogen) atoms. The standard InChI is InChI=1S/C20H20FN5/c21-16-9-10-25(13-17(16)23)20-24-18-3-1-2-4-19(18)26(20)12-15-7-5-14(11-22)6-8-15/h1-8,16-17H,9-10,12-13,23H2/t16-,17+/m1/s1. The molecule has 1 fully saturated rings. The van der Waals surface area contributed by atoms with E-state index in [4.69, 9.17) is 16.0 Å². The Balaban J connectivity index is 1.73. The number of fused-ring (bicyclic) bond motifs is 1. The minimum Gasteiger partial charge on any atom is -0.340 e. The first-order valence-corrected chi connectivity index (χ1v) is 8.74. The molecule has 2 N–H and O–H groups in total. The van der Waals surface area contributed by atoms with Crippen LogP contribution in [0.3, 0.4) is 0 Å². The number of imidazole rings is 1. The molecule has 1 aromatic heterocycles. The summed E-state index contributed by atoms with van der Waals surface area (Å²) in [5.41, 5.74) is 9.61. The monoisotopic (exact) mass is 349 g/mol. The predicted molar refractivity (Wildman–Crippen MR) is 99.7 cm³/mol. The summed E-state index contributed by atoms with van der Waals surface area (Å²) in [5, 5.41) is 8.97. The van der Waals surface area contributed by atoms with Gasteiger partial charge in [-0.15, -0.1) is 0 Å². The van der Waals surface area contributed by atoms with Gasteiger partial charge in [0.05, 0.1) is 35.3 Å². The van der Waals surface area contributed by atoms with Gasteiger partial charge in [-0.3, -0.25) is 0 Å². The van der Waals surface area contributed by atoms with Gasteiger partial charge in [0.15, 0.2) is 0 Å². The Hall–Kier alpha value is -2.91. The number of benzene rings is 2. The normalized spacial score (nSPS) is 20.3. The highest BCUT2D eigenvalue weighted by Gasteiger charge is 2.29. The van der Waals surface area contributed by atoms with Gasteiger partial charge in [-0.2, -0.15) is 5.26 Å². The number of hydrogen-bond acceptors (Lipinski definition) is 4. The number of para-hydroxylation sites is 2. The number of nitriles is 1. The van der Waals surface area contributed by atoms with Gasteiger partial charge in [0.2, 0.25) is 5.95 Å². The van der Waals surface area contributed by atoms with Crippen molar-refractivity contribution in [2.75, 3.05) is 18.0 Å². The van der Waals surface area contributed by atoms with Gasteiger partial charge in [0.25, 0.3) is 0 Å². The second kappa shape index (κ2) is 6.77. The molecule has 1 aliphatic rings. The van der Waals surface area contributed by atoms with E-state index in [-0.39, 0.29) is 0 Å². The van der Waals surface area contributed by atoms with Gasteiger partial charge < -0.3 is 15.2 Å². The van der Waals surface area contributed by atoms with Gasteiger partial charge in [-0.1, -0.05) is 24.3 Å². The number of aromatic nitrogens is 2. The van der Waals surface area contributed by atoms with Crippen molar-refractivity contribution >= 4 is 17.0 Å². The molecule has 0 unspecified atom stereocenters. The summed E-state index contributed by atoms with van der Waals surface area (Å²) in [6.45, 7) is 1.69. The summed E-state index contributed by atoms with van der Waals surface area (Å²) in [4.78, 5) is 6.86. The SMILES string of the molecule is N#Cc1ccc(Cn2c(N3CC[C@@H](F)[C@@H](N)C3)nc3ccccc32)cc1. The average molecular weight is 349 g/mol.